The molecule has 0 aliphatic heterocycles. The van der Waals surface area contributed by atoms with Gasteiger partial charge >= 0.3 is 69.3 Å². The summed E-state index contributed by atoms with van der Waals surface area (Å²) in [7, 11) is 11.5. The first-order valence-electron chi connectivity index (χ1n) is 4.24. The Morgan fingerprint density at radius 1 is 0.800 bits per heavy atom. The molecule has 1 nitrogen and oxygen atoms in total. The van der Waals surface area contributed by atoms with E-state index in [0.29, 0.717) is 0 Å². The third kappa shape index (κ3) is 5.97. The van der Waals surface area contributed by atoms with Crippen molar-refractivity contribution in [1.29, 1.82) is 0 Å². The van der Waals surface area contributed by atoms with E-state index in [9.17, 15) is 0 Å². The largest absolute Gasteiger partial charge is 0.265 e. The zero-order valence-electron chi connectivity index (χ0n) is 7.85. The Kier molecular flexibility index (Phi) is 6.72. The van der Waals surface area contributed by atoms with E-state index in [1.165, 1.54) is 0 Å². The van der Waals surface area contributed by atoms with Crippen LogP contribution in [0.4, 0.5) is 0 Å². The van der Waals surface area contributed by atoms with Gasteiger partial charge in [0.2, 0.25) is 0 Å². The molecule has 1 aromatic heterocycles. The van der Waals surface area contributed by atoms with Gasteiger partial charge < -0.3 is 0 Å². The van der Waals surface area contributed by atoms with Crippen molar-refractivity contribution in [1.82, 2.24) is 4.98 Å². The molecule has 0 atom stereocenters. The Balaban J connectivity index is 0.000000162. The number of nitrogens with zero attached hydrogens (tertiary/aromatic N) is 1. The summed E-state index contributed by atoms with van der Waals surface area (Å²) in [6, 6.07) is 15.5. The molecule has 0 saturated heterocycles. The second kappa shape index (κ2) is 7.91. The van der Waals surface area contributed by atoms with Crippen molar-refractivity contribution in [3.63, 3.8) is 0 Å². The molecule has 0 spiro atoms. The molecule has 1 heterocycles. The normalized spacial score (nSPS) is 9.87. The van der Waals surface area contributed by atoms with Gasteiger partial charge in [-0.1, -0.05) is 6.07 Å². The average molecular weight is 354 g/mol. The van der Waals surface area contributed by atoms with Gasteiger partial charge in [0.25, 0.3) is 0 Å². The van der Waals surface area contributed by atoms with Crippen molar-refractivity contribution in [2.45, 2.75) is 0 Å². The molecule has 4 heteroatoms. The maximum Gasteiger partial charge on any atom is 0.0267 e. The predicted octanol–water partition coefficient (Wildman–Crippen LogP) is 4.75. The fourth-order valence-electron chi connectivity index (χ4n) is 0.823. The Hall–Kier alpha value is -0.320. The van der Waals surface area contributed by atoms with E-state index in [-0.39, 0.29) is 0 Å². The molecule has 2 aromatic rings. The van der Waals surface area contributed by atoms with Gasteiger partial charge in [-0.2, -0.15) is 0 Å². The predicted molar refractivity (Wildman–Crippen MR) is 75.1 cm³/mol. The van der Waals surface area contributed by atoms with Gasteiger partial charge in [-0.3, -0.25) is 4.98 Å². The van der Waals surface area contributed by atoms with Crippen molar-refractivity contribution in [2.75, 3.05) is 0 Å². The number of aromatic nitrogens is 1. The van der Waals surface area contributed by atoms with E-state index in [4.69, 9.17) is 17.8 Å². The SMILES string of the molecule is ClI(Cl)c1ccccc1.c1ccncc1. The van der Waals surface area contributed by atoms with E-state index in [1.54, 1.807) is 12.4 Å². The van der Waals surface area contributed by atoms with Crippen molar-refractivity contribution in [3.05, 3.63) is 64.5 Å². The first-order valence-corrected chi connectivity index (χ1v) is 10.8. The second-order valence-electron chi connectivity index (χ2n) is 2.52. The molecule has 0 radical (unpaired) electrons. The first kappa shape index (κ1) is 12.7. The van der Waals surface area contributed by atoms with Crippen LogP contribution in [0, 0.1) is 3.57 Å². The van der Waals surface area contributed by atoms with Crippen molar-refractivity contribution >= 4 is 35.4 Å². The average Bonchev–Trinajstić information content (AvgIpc) is 2.33. The zero-order valence-corrected chi connectivity index (χ0v) is 11.5. The maximum atomic E-state index is 5.73. The molecular weight excluding hydrogens is 344 g/mol. The van der Waals surface area contributed by atoms with Crippen LogP contribution in [-0.2, 0) is 0 Å². The number of pyridine rings is 1. The van der Waals surface area contributed by atoms with Crippen LogP contribution in [0.5, 0.6) is 0 Å². The Morgan fingerprint density at radius 2 is 1.33 bits per heavy atom. The van der Waals surface area contributed by atoms with Crippen molar-refractivity contribution in [3.8, 4) is 0 Å². The fourth-order valence-corrected chi connectivity index (χ4v) is 3.06. The van der Waals surface area contributed by atoms with Crippen LogP contribution in [0.2, 0.25) is 0 Å². The number of rotatable bonds is 1. The summed E-state index contributed by atoms with van der Waals surface area (Å²) in [6.45, 7) is 0. The number of benzene rings is 1. The molecule has 0 aliphatic rings. The smallest absolute Gasteiger partial charge is 0.0267 e. The van der Waals surface area contributed by atoms with Crippen molar-refractivity contribution < 1.29 is 0 Å². The van der Waals surface area contributed by atoms with Crippen LogP contribution in [0.25, 0.3) is 0 Å². The topological polar surface area (TPSA) is 12.9 Å². The summed E-state index contributed by atoms with van der Waals surface area (Å²) < 4.78 is 1.10. The van der Waals surface area contributed by atoms with Gasteiger partial charge in [-0.25, -0.2) is 0 Å². The Bertz CT molecular complexity index is 327. The van der Waals surface area contributed by atoms with Gasteiger partial charge in [-0.05, 0) is 12.1 Å². The molecule has 0 saturated carbocycles. The summed E-state index contributed by atoms with van der Waals surface area (Å²) in [5, 5.41) is 0. The van der Waals surface area contributed by atoms with Crippen LogP contribution < -0.4 is 0 Å². The molecule has 0 bridgehead atoms. The molecule has 80 valence electrons. The third-order valence-corrected chi connectivity index (χ3v) is 5.34. The van der Waals surface area contributed by atoms with Crippen molar-refractivity contribution in [2.24, 2.45) is 0 Å². The van der Waals surface area contributed by atoms with Crippen LogP contribution in [-0.4, -0.2) is 4.98 Å². The summed E-state index contributed by atoms with van der Waals surface area (Å²) >= 11 is -1.74. The van der Waals surface area contributed by atoms with E-state index in [0.717, 1.165) is 3.57 Å². The molecule has 15 heavy (non-hydrogen) atoms. The second-order valence-corrected chi connectivity index (χ2v) is 9.70. The number of halogens is 3. The molecule has 0 unspecified atom stereocenters. The van der Waals surface area contributed by atoms with Gasteiger partial charge in [-0.15, -0.1) is 0 Å². The van der Waals surface area contributed by atoms with E-state index < -0.39 is 17.6 Å². The standard InChI is InChI=1S/C6H5Cl2I.C5H5N/c7-9(8)6-4-2-1-3-5-6;1-2-4-6-5-3-1/h1-5H;1-5H. The van der Waals surface area contributed by atoms with Gasteiger partial charge in [0.1, 0.15) is 0 Å². The fraction of sp³-hybridized carbons (Fsp3) is 0. The Labute approximate surface area is 104 Å². The number of hydrogen-bond donors (Lipinski definition) is 0. The molecular formula is C11H10Cl2IN. The summed E-state index contributed by atoms with van der Waals surface area (Å²) in [5.74, 6) is 0. The summed E-state index contributed by atoms with van der Waals surface area (Å²) in [5.41, 5.74) is 0. The van der Waals surface area contributed by atoms with Gasteiger partial charge in [0, 0.05) is 12.4 Å². The zero-order chi connectivity index (χ0) is 10.9. The van der Waals surface area contributed by atoms with Crippen LogP contribution >= 0.6 is 35.4 Å². The Morgan fingerprint density at radius 3 is 1.60 bits per heavy atom. The van der Waals surface area contributed by atoms with Crippen LogP contribution in [0.15, 0.2) is 60.9 Å². The van der Waals surface area contributed by atoms with Crippen LogP contribution in [0.1, 0.15) is 0 Å². The molecule has 0 N–H and O–H groups in total. The van der Waals surface area contributed by atoms with Crippen LogP contribution in [0.3, 0.4) is 0 Å². The molecule has 1 aromatic carbocycles. The molecule has 0 fully saturated rings. The van der Waals surface area contributed by atoms with Gasteiger partial charge in [0.05, 0.1) is 0 Å². The van der Waals surface area contributed by atoms with Gasteiger partial charge in [0.15, 0.2) is 0 Å². The molecule has 0 aliphatic carbocycles. The van der Waals surface area contributed by atoms with E-state index in [2.05, 4.69) is 4.98 Å². The minimum Gasteiger partial charge on any atom is -0.265 e. The monoisotopic (exact) mass is 353 g/mol. The first-order chi connectivity index (χ1) is 7.30. The summed E-state index contributed by atoms with van der Waals surface area (Å²) in [6.07, 6.45) is 3.50. The molecule has 2 rings (SSSR count). The van der Waals surface area contributed by atoms with E-state index >= 15 is 0 Å². The minimum atomic E-state index is -1.74. The minimum absolute atomic E-state index is 1.10. The van der Waals surface area contributed by atoms with E-state index in [1.807, 2.05) is 48.5 Å². The maximum absolute atomic E-state index is 5.73. The molecule has 0 amide bonds. The quantitative estimate of drug-likeness (QED) is 0.674. The third-order valence-electron chi connectivity index (χ3n) is 1.46. The summed E-state index contributed by atoms with van der Waals surface area (Å²) in [4.78, 5) is 3.78. The number of hydrogen-bond acceptors (Lipinski definition) is 1.